The van der Waals surface area contributed by atoms with Gasteiger partial charge in [0.1, 0.15) is 0 Å². The number of aliphatic hydroxyl groups is 1. The van der Waals surface area contributed by atoms with Crippen molar-refractivity contribution in [2.45, 2.75) is 68.8 Å². The fourth-order valence-electron chi connectivity index (χ4n) is 4.65. The minimum absolute atomic E-state index is 0.281. The first kappa shape index (κ1) is 18.5. The summed E-state index contributed by atoms with van der Waals surface area (Å²) in [5, 5.41) is 14.0. The lowest BCUT2D eigenvalue weighted by Crippen LogP contribution is -2.20. The van der Waals surface area contributed by atoms with E-state index in [1.807, 2.05) is 6.20 Å². The highest BCUT2D eigenvalue weighted by molar-refractivity contribution is 7.09. The standard InChI is InChI=1S/C22H28ClNOS/c23-20-12-11-18(19(20)5-2-6-21-24-13-14-26-21)15-7-9-17(10-8-15)22(25)16-3-1-4-16/h7-10,13-14,16,18-20,22,25H,1-6,11-12H2. The van der Waals surface area contributed by atoms with Gasteiger partial charge in [-0.15, -0.1) is 22.9 Å². The Balaban J connectivity index is 1.38. The molecule has 2 saturated carbocycles. The zero-order valence-corrected chi connectivity index (χ0v) is 16.8. The van der Waals surface area contributed by atoms with Gasteiger partial charge in [0.25, 0.3) is 0 Å². The smallest absolute Gasteiger partial charge is 0.0924 e. The van der Waals surface area contributed by atoms with Crippen molar-refractivity contribution in [1.29, 1.82) is 0 Å². The molecule has 4 unspecified atom stereocenters. The first-order valence-corrected chi connectivity index (χ1v) is 11.3. The molecule has 1 N–H and O–H groups in total. The number of hydrogen-bond donors (Lipinski definition) is 1. The van der Waals surface area contributed by atoms with E-state index < -0.39 is 0 Å². The maximum Gasteiger partial charge on any atom is 0.0924 e. The Labute approximate surface area is 165 Å². The van der Waals surface area contributed by atoms with Crippen LogP contribution in [0.5, 0.6) is 0 Å². The second-order valence-corrected chi connectivity index (χ2v) is 9.52. The van der Waals surface area contributed by atoms with Crippen LogP contribution in [0.3, 0.4) is 0 Å². The molecule has 2 aliphatic rings. The van der Waals surface area contributed by atoms with Crippen LogP contribution in [0.1, 0.15) is 73.1 Å². The molecule has 0 amide bonds. The van der Waals surface area contributed by atoms with E-state index in [9.17, 15) is 5.11 Å². The highest BCUT2D eigenvalue weighted by Gasteiger charge is 2.35. The van der Waals surface area contributed by atoms with Crippen molar-refractivity contribution in [3.63, 3.8) is 0 Å². The molecular formula is C22H28ClNOS. The van der Waals surface area contributed by atoms with Crippen molar-refractivity contribution in [3.8, 4) is 0 Å². The third-order valence-electron chi connectivity index (χ3n) is 6.45. The molecule has 4 heteroatoms. The Bertz CT molecular complexity index is 683. The molecule has 1 aromatic heterocycles. The topological polar surface area (TPSA) is 33.1 Å². The molecule has 0 bridgehead atoms. The summed E-state index contributed by atoms with van der Waals surface area (Å²) in [6.45, 7) is 0. The van der Waals surface area contributed by atoms with Crippen molar-refractivity contribution in [2.24, 2.45) is 11.8 Å². The zero-order valence-electron chi connectivity index (χ0n) is 15.2. The van der Waals surface area contributed by atoms with Crippen LogP contribution in [0, 0.1) is 11.8 Å². The van der Waals surface area contributed by atoms with Crippen molar-refractivity contribution in [3.05, 3.63) is 52.0 Å². The van der Waals surface area contributed by atoms with Crippen LogP contribution in [0.4, 0.5) is 0 Å². The molecule has 2 aliphatic carbocycles. The SMILES string of the molecule is OC(c1ccc(C2CCC(Cl)C2CCCc2nccs2)cc1)C1CCC1. The summed E-state index contributed by atoms with van der Waals surface area (Å²) < 4.78 is 0. The van der Waals surface area contributed by atoms with Gasteiger partial charge in [-0.05, 0) is 73.8 Å². The lowest BCUT2D eigenvalue weighted by atomic mass is 9.78. The lowest BCUT2D eigenvalue weighted by Gasteiger charge is -2.30. The second-order valence-electron chi connectivity index (χ2n) is 7.98. The monoisotopic (exact) mass is 389 g/mol. The van der Waals surface area contributed by atoms with Crippen LogP contribution < -0.4 is 0 Å². The van der Waals surface area contributed by atoms with E-state index in [1.54, 1.807) is 11.3 Å². The Morgan fingerprint density at radius 3 is 2.62 bits per heavy atom. The molecule has 1 aromatic carbocycles. The Kier molecular flexibility index (Phi) is 5.97. The highest BCUT2D eigenvalue weighted by atomic mass is 35.5. The Morgan fingerprint density at radius 2 is 1.96 bits per heavy atom. The number of halogens is 1. The molecule has 0 saturated heterocycles. The van der Waals surface area contributed by atoms with Crippen LogP contribution >= 0.6 is 22.9 Å². The van der Waals surface area contributed by atoms with E-state index >= 15 is 0 Å². The van der Waals surface area contributed by atoms with Crippen LogP contribution in [0.2, 0.25) is 0 Å². The van der Waals surface area contributed by atoms with E-state index in [-0.39, 0.29) is 11.5 Å². The molecule has 2 fully saturated rings. The maximum absolute atomic E-state index is 10.5. The van der Waals surface area contributed by atoms with E-state index in [1.165, 1.54) is 42.7 Å². The highest BCUT2D eigenvalue weighted by Crippen LogP contribution is 2.45. The molecule has 4 atom stereocenters. The molecule has 2 aromatic rings. The number of rotatable bonds is 7. The van der Waals surface area contributed by atoms with Crippen LogP contribution in [0.15, 0.2) is 35.8 Å². The minimum Gasteiger partial charge on any atom is -0.388 e. The molecule has 26 heavy (non-hydrogen) atoms. The molecule has 2 nitrogen and oxygen atoms in total. The van der Waals surface area contributed by atoms with Crippen LogP contribution in [0.25, 0.3) is 0 Å². The van der Waals surface area contributed by atoms with Gasteiger partial charge in [-0.3, -0.25) is 0 Å². The molecule has 4 rings (SSSR count). The van der Waals surface area contributed by atoms with Gasteiger partial charge < -0.3 is 5.11 Å². The van der Waals surface area contributed by atoms with Crippen molar-refractivity contribution < 1.29 is 5.11 Å². The number of nitrogens with zero attached hydrogens (tertiary/aromatic N) is 1. The number of benzene rings is 1. The fourth-order valence-corrected chi connectivity index (χ4v) is 5.74. The van der Waals surface area contributed by atoms with Crippen LogP contribution in [-0.2, 0) is 6.42 Å². The molecule has 1 heterocycles. The molecule has 140 valence electrons. The van der Waals surface area contributed by atoms with E-state index in [0.717, 1.165) is 24.8 Å². The number of aryl methyl sites for hydroxylation is 1. The predicted molar refractivity (Wildman–Crippen MR) is 109 cm³/mol. The maximum atomic E-state index is 10.5. The fraction of sp³-hybridized carbons (Fsp3) is 0.591. The average Bonchev–Trinajstić information content (AvgIpc) is 3.24. The number of aromatic nitrogens is 1. The number of thiazole rings is 1. The zero-order chi connectivity index (χ0) is 17.9. The number of aliphatic hydroxyl groups excluding tert-OH is 1. The summed E-state index contributed by atoms with van der Waals surface area (Å²) in [5.74, 6) is 1.58. The number of hydrogen-bond acceptors (Lipinski definition) is 3. The Hall–Kier alpha value is -0.900. The van der Waals surface area contributed by atoms with Gasteiger partial charge in [0, 0.05) is 17.0 Å². The van der Waals surface area contributed by atoms with Gasteiger partial charge in [0.2, 0.25) is 0 Å². The van der Waals surface area contributed by atoms with Gasteiger partial charge in [-0.25, -0.2) is 4.98 Å². The summed E-state index contributed by atoms with van der Waals surface area (Å²) in [5.41, 5.74) is 2.48. The van der Waals surface area contributed by atoms with E-state index in [4.69, 9.17) is 11.6 Å². The van der Waals surface area contributed by atoms with Crippen molar-refractivity contribution in [2.75, 3.05) is 0 Å². The van der Waals surface area contributed by atoms with Gasteiger partial charge in [-0.1, -0.05) is 30.7 Å². The molecule has 0 radical (unpaired) electrons. The normalized spacial score (nSPS) is 27.4. The number of alkyl halides is 1. The van der Waals surface area contributed by atoms with Gasteiger partial charge in [0.15, 0.2) is 0 Å². The predicted octanol–water partition coefficient (Wildman–Crippen LogP) is 6.10. The molecule has 0 aliphatic heterocycles. The van der Waals surface area contributed by atoms with E-state index in [2.05, 4.69) is 34.6 Å². The summed E-state index contributed by atoms with van der Waals surface area (Å²) in [7, 11) is 0. The summed E-state index contributed by atoms with van der Waals surface area (Å²) >= 11 is 8.43. The molecular weight excluding hydrogens is 362 g/mol. The summed E-state index contributed by atoms with van der Waals surface area (Å²) in [6, 6.07) is 8.77. The van der Waals surface area contributed by atoms with Crippen molar-refractivity contribution in [1.82, 2.24) is 4.98 Å². The van der Waals surface area contributed by atoms with Crippen molar-refractivity contribution >= 4 is 22.9 Å². The van der Waals surface area contributed by atoms with Gasteiger partial charge in [0.05, 0.1) is 11.1 Å². The second kappa shape index (κ2) is 8.41. The molecule has 0 spiro atoms. The largest absolute Gasteiger partial charge is 0.388 e. The minimum atomic E-state index is -0.281. The Morgan fingerprint density at radius 1 is 1.15 bits per heavy atom. The quantitative estimate of drug-likeness (QED) is 0.580. The van der Waals surface area contributed by atoms with E-state index in [0.29, 0.717) is 17.8 Å². The lowest BCUT2D eigenvalue weighted by molar-refractivity contribution is 0.0621. The van der Waals surface area contributed by atoms with Crippen LogP contribution in [-0.4, -0.2) is 15.5 Å². The summed E-state index contributed by atoms with van der Waals surface area (Å²) in [4.78, 5) is 4.39. The third kappa shape index (κ3) is 4.00. The first-order valence-electron chi connectivity index (χ1n) is 10.0. The van der Waals surface area contributed by atoms with Gasteiger partial charge >= 0.3 is 0 Å². The average molecular weight is 390 g/mol. The summed E-state index contributed by atoms with van der Waals surface area (Å²) in [6.07, 6.45) is 10.9. The van der Waals surface area contributed by atoms with Gasteiger partial charge in [-0.2, -0.15) is 0 Å². The third-order valence-corrected chi connectivity index (χ3v) is 7.83. The first-order chi connectivity index (χ1) is 12.7.